The lowest BCUT2D eigenvalue weighted by atomic mass is 10.2. The Hall–Kier alpha value is -0.0431. The third-order valence-electron chi connectivity index (χ3n) is 1.39. The van der Waals surface area contributed by atoms with Gasteiger partial charge in [0.1, 0.15) is 0 Å². The minimum Gasteiger partial charge on any atom is -0.107 e. The first-order valence-corrected chi connectivity index (χ1v) is 5.34. The van der Waals surface area contributed by atoms with Crippen LogP contribution in [0.25, 0.3) is 0 Å². The van der Waals surface area contributed by atoms with E-state index in [1.165, 1.54) is 31.7 Å². The molecule has 0 aromatic carbocycles. The molecule has 0 amide bonds. The minimum atomic E-state index is 0.574. The van der Waals surface area contributed by atoms with Gasteiger partial charge in [0.05, 0.1) is 9.52 Å². The van der Waals surface area contributed by atoms with Gasteiger partial charge in [-0.2, -0.15) is 0 Å². The first-order valence-electron chi connectivity index (χ1n) is 3.86. The van der Waals surface area contributed by atoms with Gasteiger partial charge in [0.2, 0.25) is 0 Å². The third-order valence-corrected chi connectivity index (χ3v) is 2.47. The van der Waals surface area contributed by atoms with Crippen LogP contribution in [0.15, 0.2) is 12.3 Å². The Balaban J connectivity index is 2.66. The Morgan fingerprint density at radius 2 is 2.11 bits per heavy atom. The molecule has 0 rings (SSSR count). The van der Waals surface area contributed by atoms with Crippen molar-refractivity contribution in [3.63, 3.8) is 0 Å². The fraction of sp³-hybridized carbons (Fsp3) is 0.750. The van der Waals surface area contributed by atoms with Crippen molar-refractivity contribution in [3.05, 3.63) is 12.3 Å². The van der Waals surface area contributed by atoms with E-state index in [2.05, 4.69) is 19.2 Å². The van der Waals surface area contributed by atoms with Crippen LogP contribution in [0.3, 0.4) is 0 Å². The molecule has 0 spiro atoms. The first kappa shape index (κ1) is 8.96. The van der Waals surface area contributed by atoms with Crippen LogP contribution in [0.5, 0.6) is 0 Å². The maximum Gasteiger partial charge on any atom is 0.0561 e. The summed E-state index contributed by atoms with van der Waals surface area (Å²) in [4.78, 5) is 0. The zero-order valence-corrected chi connectivity index (χ0v) is 7.55. The normalized spacial score (nSPS) is 9.44. The van der Waals surface area contributed by atoms with Crippen LogP contribution in [0.4, 0.5) is 0 Å². The number of hydrogen-bond acceptors (Lipinski definition) is 0. The average molecular weight is 141 g/mol. The SMILES string of the molecule is C=C[SiH]CCCCCC. The van der Waals surface area contributed by atoms with Gasteiger partial charge >= 0.3 is 0 Å². The molecular formula is C8H17Si. The van der Waals surface area contributed by atoms with E-state index in [0.717, 1.165) is 0 Å². The number of hydrogen-bond donors (Lipinski definition) is 0. The summed E-state index contributed by atoms with van der Waals surface area (Å²) >= 11 is 0. The monoisotopic (exact) mass is 141 g/mol. The molecular weight excluding hydrogens is 124 g/mol. The molecule has 0 heterocycles. The highest BCUT2D eigenvalue weighted by atomic mass is 28.2. The highest BCUT2D eigenvalue weighted by molar-refractivity contribution is 6.41. The summed E-state index contributed by atoms with van der Waals surface area (Å²) in [6.07, 6.45) is 5.62. The lowest BCUT2D eigenvalue weighted by Gasteiger charge is -1.93. The number of rotatable bonds is 6. The van der Waals surface area contributed by atoms with E-state index in [1.54, 1.807) is 0 Å². The molecule has 1 heteroatoms. The molecule has 0 bridgehead atoms. The van der Waals surface area contributed by atoms with Crippen molar-refractivity contribution < 1.29 is 0 Å². The molecule has 0 fully saturated rings. The summed E-state index contributed by atoms with van der Waals surface area (Å²) in [5.74, 6) is 0. The first-order chi connectivity index (χ1) is 4.41. The van der Waals surface area contributed by atoms with Crippen molar-refractivity contribution in [1.82, 2.24) is 0 Å². The van der Waals surface area contributed by atoms with E-state index in [9.17, 15) is 0 Å². The molecule has 0 aromatic heterocycles. The highest BCUT2D eigenvalue weighted by Crippen LogP contribution is 2.01. The van der Waals surface area contributed by atoms with Crippen LogP contribution >= 0.6 is 0 Å². The fourth-order valence-corrected chi connectivity index (χ4v) is 1.57. The van der Waals surface area contributed by atoms with Gasteiger partial charge < -0.3 is 0 Å². The summed E-state index contributed by atoms with van der Waals surface area (Å²) in [5, 5.41) is 0. The summed E-state index contributed by atoms with van der Waals surface area (Å²) < 4.78 is 0. The van der Waals surface area contributed by atoms with E-state index in [0.29, 0.717) is 9.52 Å². The second-order valence-corrected chi connectivity index (χ2v) is 3.84. The Morgan fingerprint density at radius 3 is 2.67 bits per heavy atom. The molecule has 0 saturated heterocycles. The zero-order chi connectivity index (χ0) is 6.95. The van der Waals surface area contributed by atoms with Crippen molar-refractivity contribution in [2.45, 2.75) is 38.7 Å². The molecule has 53 valence electrons. The Labute approximate surface area is 61.2 Å². The smallest absolute Gasteiger partial charge is 0.0561 e. The molecule has 0 aliphatic rings. The Kier molecular flexibility index (Phi) is 7.92. The number of unbranched alkanes of at least 4 members (excludes halogenated alkanes) is 3. The molecule has 0 atom stereocenters. The predicted octanol–water partition coefficient (Wildman–Crippen LogP) is 2.57. The molecule has 9 heavy (non-hydrogen) atoms. The van der Waals surface area contributed by atoms with Gasteiger partial charge in [0.15, 0.2) is 0 Å². The second kappa shape index (κ2) is 7.96. The van der Waals surface area contributed by atoms with Crippen LogP contribution in [0.2, 0.25) is 6.04 Å². The highest BCUT2D eigenvalue weighted by Gasteiger charge is 1.85. The van der Waals surface area contributed by atoms with Crippen molar-refractivity contribution >= 4 is 9.52 Å². The summed E-state index contributed by atoms with van der Waals surface area (Å²) in [7, 11) is 0.574. The van der Waals surface area contributed by atoms with Crippen LogP contribution < -0.4 is 0 Å². The maximum atomic E-state index is 3.72. The van der Waals surface area contributed by atoms with Gasteiger partial charge in [-0.3, -0.25) is 0 Å². The standard InChI is InChI=1S/C8H17Si/c1-3-5-6-7-8-9-4-2/h4,9H,2-3,5-8H2,1H3. The van der Waals surface area contributed by atoms with E-state index in [4.69, 9.17) is 0 Å². The van der Waals surface area contributed by atoms with Crippen LogP contribution in [0, 0.1) is 0 Å². The van der Waals surface area contributed by atoms with Crippen molar-refractivity contribution in [1.29, 1.82) is 0 Å². The molecule has 1 radical (unpaired) electrons. The molecule has 0 saturated carbocycles. The van der Waals surface area contributed by atoms with Crippen LogP contribution in [0.1, 0.15) is 32.6 Å². The van der Waals surface area contributed by atoms with Gasteiger partial charge in [-0.05, 0) is 0 Å². The maximum absolute atomic E-state index is 3.72. The largest absolute Gasteiger partial charge is 0.107 e. The second-order valence-electron chi connectivity index (χ2n) is 2.32. The van der Waals surface area contributed by atoms with Crippen LogP contribution in [-0.4, -0.2) is 9.52 Å². The summed E-state index contributed by atoms with van der Waals surface area (Å²) in [5.41, 5.74) is 2.09. The van der Waals surface area contributed by atoms with E-state index >= 15 is 0 Å². The topological polar surface area (TPSA) is 0 Å². The third kappa shape index (κ3) is 7.96. The molecule has 0 N–H and O–H groups in total. The summed E-state index contributed by atoms with van der Waals surface area (Å²) in [6.45, 7) is 5.97. The lowest BCUT2D eigenvalue weighted by Crippen LogP contribution is -1.82. The lowest BCUT2D eigenvalue weighted by molar-refractivity contribution is 0.701. The summed E-state index contributed by atoms with van der Waals surface area (Å²) in [6, 6.07) is 1.42. The zero-order valence-electron chi connectivity index (χ0n) is 6.40. The van der Waals surface area contributed by atoms with E-state index in [-0.39, 0.29) is 0 Å². The van der Waals surface area contributed by atoms with Crippen molar-refractivity contribution in [2.75, 3.05) is 0 Å². The fourth-order valence-electron chi connectivity index (χ4n) is 0.807. The minimum absolute atomic E-state index is 0.574. The van der Waals surface area contributed by atoms with Crippen LogP contribution in [-0.2, 0) is 0 Å². The van der Waals surface area contributed by atoms with Gasteiger partial charge in [-0.15, -0.1) is 12.3 Å². The Bertz CT molecular complexity index is 59.6. The van der Waals surface area contributed by atoms with E-state index < -0.39 is 0 Å². The average Bonchev–Trinajstić information content (AvgIpc) is 1.89. The molecule has 0 unspecified atom stereocenters. The van der Waals surface area contributed by atoms with Crippen molar-refractivity contribution in [3.8, 4) is 0 Å². The van der Waals surface area contributed by atoms with Gasteiger partial charge in [0, 0.05) is 0 Å². The quantitative estimate of drug-likeness (QED) is 0.394. The van der Waals surface area contributed by atoms with Gasteiger partial charge in [-0.1, -0.05) is 38.7 Å². The van der Waals surface area contributed by atoms with Gasteiger partial charge in [0.25, 0.3) is 0 Å². The molecule has 0 aliphatic heterocycles. The molecule has 0 aliphatic carbocycles. The van der Waals surface area contributed by atoms with Gasteiger partial charge in [-0.25, -0.2) is 0 Å². The Morgan fingerprint density at radius 1 is 1.33 bits per heavy atom. The molecule has 0 aromatic rings. The molecule has 0 nitrogen and oxygen atoms in total. The predicted molar refractivity (Wildman–Crippen MR) is 46.3 cm³/mol. The van der Waals surface area contributed by atoms with Crippen molar-refractivity contribution in [2.24, 2.45) is 0 Å². The van der Waals surface area contributed by atoms with E-state index in [1.807, 2.05) is 0 Å².